The third-order valence-corrected chi connectivity index (χ3v) is 6.15. The van der Waals surface area contributed by atoms with Crippen molar-refractivity contribution in [1.82, 2.24) is 23.3 Å². The normalized spacial score (nSPS) is 11.2. The first-order valence-corrected chi connectivity index (χ1v) is 13.2. The van der Waals surface area contributed by atoms with Crippen LogP contribution in [-0.4, -0.2) is 53.0 Å². The summed E-state index contributed by atoms with van der Waals surface area (Å²) in [6, 6.07) is 4.74. The highest BCUT2D eigenvalue weighted by Gasteiger charge is 2.19. The Morgan fingerprint density at radius 1 is 0.791 bits per heavy atom. The number of amides is 3. The van der Waals surface area contributed by atoms with Crippen LogP contribution in [0.5, 0.6) is 0 Å². The number of carbonyl (C=O) groups is 4. The minimum atomic E-state index is -0.651. The van der Waals surface area contributed by atoms with Crippen molar-refractivity contribution in [3.8, 4) is 0 Å². The van der Waals surface area contributed by atoms with Crippen LogP contribution < -0.4 is 21.4 Å². The zero-order chi connectivity index (χ0) is 31.5. The molecule has 0 spiro atoms. The van der Waals surface area contributed by atoms with Gasteiger partial charge in [0.15, 0.2) is 12.1 Å². The maximum Gasteiger partial charge on any atom is 0.412 e. The van der Waals surface area contributed by atoms with Crippen LogP contribution in [-0.2, 0) is 44.4 Å². The highest BCUT2D eigenvalue weighted by atomic mass is 16.6. The number of nitrogens with zero attached hydrogens (tertiary/aromatic N) is 5. The van der Waals surface area contributed by atoms with Gasteiger partial charge < -0.3 is 33.6 Å². The summed E-state index contributed by atoms with van der Waals surface area (Å²) in [7, 11) is 6.88. The second-order valence-electron chi connectivity index (χ2n) is 10.9. The molecule has 4 aromatic rings. The smallest absolute Gasteiger partial charge is 0.412 e. The van der Waals surface area contributed by atoms with E-state index in [1.165, 1.54) is 6.07 Å². The SMILES string of the molecule is Cn1cc(NC(=O)c2cc(NOCc3nc(NC(=O)c4cc(NC(=O)OC(C)(C)C)cn4C)cn3C)cn2C)cc1C=O. The summed E-state index contributed by atoms with van der Waals surface area (Å²) in [5.74, 6) is 0.0580. The number of hydrogen-bond donors (Lipinski definition) is 4. The maximum atomic E-state index is 12.9. The Morgan fingerprint density at radius 2 is 1.37 bits per heavy atom. The molecular weight excluding hydrogens is 558 g/mol. The molecule has 0 aliphatic heterocycles. The second kappa shape index (κ2) is 12.3. The van der Waals surface area contributed by atoms with E-state index in [4.69, 9.17) is 9.57 Å². The molecule has 228 valence electrons. The Balaban J connectivity index is 1.31. The van der Waals surface area contributed by atoms with Gasteiger partial charge in [0.1, 0.15) is 29.4 Å². The van der Waals surface area contributed by atoms with Crippen molar-refractivity contribution in [3.05, 3.63) is 65.9 Å². The predicted octanol–water partition coefficient (Wildman–Crippen LogP) is 3.64. The van der Waals surface area contributed by atoms with Crippen LogP contribution in [0.15, 0.2) is 43.0 Å². The number of nitrogens with one attached hydrogen (secondary N) is 4. The number of aldehydes is 1. The molecule has 0 aromatic carbocycles. The quantitative estimate of drug-likeness (QED) is 0.160. The van der Waals surface area contributed by atoms with Crippen LogP contribution in [0.1, 0.15) is 58.1 Å². The molecule has 4 heterocycles. The summed E-state index contributed by atoms with van der Waals surface area (Å²) < 4.78 is 11.8. The first kappa shape index (κ1) is 30.6. The second-order valence-corrected chi connectivity index (χ2v) is 10.9. The molecule has 0 atom stereocenters. The molecule has 3 amide bonds. The molecule has 4 rings (SSSR count). The number of aryl methyl sites for hydroxylation is 4. The Kier molecular flexibility index (Phi) is 8.75. The molecule has 4 aromatic heterocycles. The molecule has 15 nitrogen and oxygen atoms in total. The monoisotopic (exact) mass is 593 g/mol. The van der Waals surface area contributed by atoms with Crippen molar-refractivity contribution in [1.29, 1.82) is 0 Å². The molecule has 0 saturated carbocycles. The fourth-order valence-electron chi connectivity index (χ4n) is 4.15. The molecule has 0 fully saturated rings. The average molecular weight is 594 g/mol. The van der Waals surface area contributed by atoms with E-state index in [0.717, 1.165) is 0 Å². The number of rotatable bonds is 10. The Hall–Kier alpha value is -5.31. The molecular formula is C28H35N9O6. The van der Waals surface area contributed by atoms with Crippen LogP contribution in [0, 0.1) is 0 Å². The van der Waals surface area contributed by atoms with Gasteiger partial charge in [0.05, 0.1) is 22.8 Å². The lowest BCUT2D eigenvalue weighted by Crippen LogP contribution is -2.27. The molecule has 0 aliphatic carbocycles. The van der Waals surface area contributed by atoms with E-state index >= 15 is 0 Å². The van der Waals surface area contributed by atoms with Crippen LogP contribution >= 0.6 is 0 Å². The minimum Gasteiger partial charge on any atom is -0.444 e. The van der Waals surface area contributed by atoms with Crippen molar-refractivity contribution < 1.29 is 28.8 Å². The first-order valence-electron chi connectivity index (χ1n) is 13.2. The number of aromatic nitrogens is 5. The van der Waals surface area contributed by atoms with Crippen molar-refractivity contribution in [3.63, 3.8) is 0 Å². The van der Waals surface area contributed by atoms with Gasteiger partial charge in [0.25, 0.3) is 11.8 Å². The van der Waals surface area contributed by atoms with Gasteiger partial charge >= 0.3 is 6.09 Å². The lowest BCUT2D eigenvalue weighted by atomic mass is 10.2. The van der Waals surface area contributed by atoms with Gasteiger partial charge in [0, 0.05) is 53.0 Å². The lowest BCUT2D eigenvalue weighted by Gasteiger charge is -2.19. The predicted molar refractivity (Wildman–Crippen MR) is 159 cm³/mol. The Bertz CT molecular complexity index is 1670. The Morgan fingerprint density at radius 3 is 2.00 bits per heavy atom. The topological polar surface area (TPSA) is 167 Å². The highest BCUT2D eigenvalue weighted by molar-refractivity contribution is 6.04. The zero-order valence-electron chi connectivity index (χ0n) is 25.0. The van der Waals surface area contributed by atoms with Crippen molar-refractivity contribution in [2.75, 3.05) is 21.4 Å². The Labute approximate surface area is 247 Å². The van der Waals surface area contributed by atoms with Crippen LogP contribution in [0.4, 0.5) is 27.7 Å². The van der Waals surface area contributed by atoms with E-state index in [2.05, 4.69) is 26.4 Å². The summed E-state index contributed by atoms with van der Waals surface area (Å²) >= 11 is 0. The standard InChI is InChI=1S/C28H35N9O6/c1-28(2,3)43-27(41)30-18-9-21(35(5)12-18)26(40)32-23-14-37(7)24(31-23)16-42-33-19-10-22(36(6)13-19)25(39)29-17-8-20(15-38)34(4)11-17/h8-15,33H,16H2,1-7H3,(H,29,39)(H,30,41)(H,32,40). The summed E-state index contributed by atoms with van der Waals surface area (Å²) in [5.41, 5.74) is 4.72. The van der Waals surface area contributed by atoms with Gasteiger partial charge in [-0.15, -0.1) is 0 Å². The zero-order valence-corrected chi connectivity index (χ0v) is 25.0. The molecule has 43 heavy (non-hydrogen) atoms. The van der Waals surface area contributed by atoms with Gasteiger partial charge in [-0.1, -0.05) is 0 Å². The molecule has 0 unspecified atom stereocenters. The largest absolute Gasteiger partial charge is 0.444 e. The molecule has 0 aliphatic rings. The molecule has 4 N–H and O–H groups in total. The maximum absolute atomic E-state index is 12.9. The van der Waals surface area contributed by atoms with E-state index in [9.17, 15) is 19.2 Å². The molecule has 15 heteroatoms. The highest BCUT2D eigenvalue weighted by Crippen LogP contribution is 2.19. The van der Waals surface area contributed by atoms with E-state index in [-0.39, 0.29) is 12.5 Å². The van der Waals surface area contributed by atoms with Crippen molar-refractivity contribution in [2.45, 2.75) is 33.0 Å². The number of anilines is 4. The molecule has 0 bridgehead atoms. The number of hydrogen-bond acceptors (Lipinski definition) is 8. The van der Waals surface area contributed by atoms with Gasteiger partial charge in [-0.25, -0.2) is 9.78 Å². The summed E-state index contributed by atoms with van der Waals surface area (Å²) in [4.78, 5) is 58.8. The van der Waals surface area contributed by atoms with E-state index in [1.807, 2.05) is 0 Å². The van der Waals surface area contributed by atoms with Crippen LogP contribution in [0.2, 0.25) is 0 Å². The fraction of sp³-hybridized carbons (Fsp3) is 0.321. The number of imidazole rings is 1. The van der Waals surface area contributed by atoms with Gasteiger partial charge in [-0.05, 0) is 39.0 Å². The van der Waals surface area contributed by atoms with Crippen LogP contribution in [0.3, 0.4) is 0 Å². The molecule has 0 saturated heterocycles. The number of carbonyl (C=O) groups excluding carboxylic acids is 4. The molecule has 0 radical (unpaired) electrons. The van der Waals surface area contributed by atoms with Gasteiger partial charge in [-0.3, -0.25) is 30.0 Å². The third-order valence-electron chi connectivity index (χ3n) is 6.15. The fourth-order valence-corrected chi connectivity index (χ4v) is 4.15. The van der Waals surface area contributed by atoms with Gasteiger partial charge in [-0.2, -0.15) is 0 Å². The summed E-state index contributed by atoms with van der Waals surface area (Å²) in [6.45, 7) is 5.33. The first-order chi connectivity index (χ1) is 20.2. The third kappa shape index (κ3) is 7.71. The van der Waals surface area contributed by atoms with Crippen molar-refractivity contribution >= 4 is 47.1 Å². The van der Waals surface area contributed by atoms with Crippen molar-refractivity contribution in [2.24, 2.45) is 28.2 Å². The summed E-state index contributed by atoms with van der Waals surface area (Å²) in [6.07, 6.45) is 6.67. The van der Waals surface area contributed by atoms with E-state index in [0.29, 0.717) is 52.1 Å². The number of ether oxygens (including phenoxy) is 1. The van der Waals surface area contributed by atoms with E-state index < -0.39 is 17.6 Å². The summed E-state index contributed by atoms with van der Waals surface area (Å²) in [5, 5.41) is 8.13. The van der Waals surface area contributed by atoms with Crippen LogP contribution in [0.25, 0.3) is 0 Å². The van der Waals surface area contributed by atoms with Gasteiger partial charge in [0.2, 0.25) is 0 Å². The average Bonchev–Trinajstić information content (AvgIpc) is 3.64. The minimum absolute atomic E-state index is 0.0510. The van der Waals surface area contributed by atoms with E-state index in [1.54, 1.807) is 104 Å². The lowest BCUT2D eigenvalue weighted by molar-refractivity contribution is 0.0635.